The maximum atomic E-state index is 11.6. The summed E-state index contributed by atoms with van der Waals surface area (Å²) in [4.78, 5) is 22.7. The van der Waals surface area contributed by atoms with Gasteiger partial charge in [-0.05, 0) is 41.5 Å². The molecule has 0 heterocycles. The van der Waals surface area contributed by atoms with Crippen LogP contribution in [0.5, 0.6) is 0 Å². The molecule has 124 valence electrons. The number of nitrogens with one attached hydrogen (secondary N) is 1. The molecule has 1 amide bonds. The molecule has 0 aromatic carbocycles. The third-order valence-electron chi connectivity index (χ3n) is 2.04. The molecule has 21 heavy (non-hydrogen) atoms. The van der Waals surface area contributed by atoms with Gasteiger partial charge in [-0.1, -0.05) is 0 Å². The monoisotopic (exact) mass is 321 g/mol. The summed E-state index contributed by atoms with van der Waals surface area (Å²) in [6.07, 6.45) is -0.721. The number of carbonyl (C=O) groups is 2. The molecule has 1 atom stereocenters. The Morgan fingerprint density at radius 3 is 2.14 bits per heavy atom. The number of amides is 1. The molecule has 0 bridgehead atoms. The Hall–Kier alpha value is -0.950. The predicted octanol–water partition coefficient (Wildman–Crippen LogP) is 2.51. The molecule has 1 unspecified atom stereocenters. The number of carboxylic acids is 1. The van der Waals surface area contributed by atoms with Gasteiger partial charge >= 0.3 is 12.1 Å². The van der Waals surface area contributed by atoms with E-state index in [0.717, 1.165) is 0 Å². The summed E-state index contributed by atoms with van der Waals surface area (Å²) < 4.78 is 10.6. The maximum Gasteiger partial charge on any atom is 0.408 e. The summed E-state index contributed by atoms with van der Waals surface area (Å²) in [6, 6.07) is -0.973. The van der Waals surface area contributed by atoms with E-state index in [4.69, 9.17) is 14.6 Å². The van der Waals surface area contributed by atoms with Crippen molar-refractivity contribution >= 4 is 23.8 Å². The highest BCUT2D eigenvalue weighted by Gasteiger charge is 2.23. The first-order valence-corrected chi connectivity index (χ1v) is 8.00. The van der Waals surface area contributed by atoms with Crippen LogP contribution in [0.3, 0.4) is 0 Å². The van der Waals surface area contributed by atoms with Crippen molar-refractivity contribution in [3.8, 4) is 0 Å². The lowest BCUT2D eigenvalue weighted by molar-refractivity contribution is -0.138. The lowest BCUT2D eigenvalue weighted by Crippen LogP contribution is -2.45. The Labute approximate surface area is 131 Å². The van der Waals surface area contributed by atoms with E-state index in [1.54, 1.807) is 20.8 Å². The van der Waals surface area contributed by atoms with Gasteiger partial charge in [0.25, 0.3) is 0 Å². The average Bonchev–Trinajstić information content (AvgIpc) is 2.22. The second kappa shape index (κ2) is 8.48. The fourth-order valence-electron chi connectivity index (χ4n) is 1.23. The minimum absolute atomic E-state index is 0.207. The van der Waals surface area contributed by atoms with Crippen LogP contribution in [-0.4, -0.2) is 52.5 Å². The molecule has 0 radical (unpaired) electrons. The van der Waals surface area contributed by atoms with E-state index >= 15 is 0 Å². The zero-order valence-corrected chi connectivity index (χ0v) is 14.5. The number of hydrogen-bond acceptors (Lipinski definition) is 5. The molecule has 0 spiro atoms. The third kappa shape index (κ3) is 12.5. The largest absolute Gasteiger partial charge is 0.480 e. The number of thioether (sulfide) groups is 1. The molecule has 2 N–H and O–H groups in total. The molecule has 0 saturated heterocycles. The molecule has 0 aliphatic heterocycles. The van der Waals surface area contributed by atoms with Crippen molar-refractivity contribution in [3.63, 3.8) is 0 Å². The zero-order chi connectivity index (χ0) is 16.7. The van der Waals surface area contributed by atoms with Crippen LogP contribution in [0.25, 0.3) is 0 Å². The fraction of sp³-hybridized carbons (Fsp3) is 0.857. The highest BCUT2D eigenvalue weighted by molar-refractivity contribution is 7.99. The van der Waals surface area contributed by atoms with E-state index in [9.17, 15) is 9.59 Å². The second-order valence-electron chi connectivity index (χ2n) is 6.57. The highest BCUT2D eigenvalue weighted by atomic mass is 32.2. The molecule has 0 fully saturated rings. The Morgan fingerprint density at radius 1 is 1.14 bits per heavy atom. The van der Waals surface area contributed by atoms with Gasteiger partial charge in [0.05, 0.1) is 12.2 Å². The molecular formula is C14H27NO5S. The number of carbonyl (C=O) groups excluding carboxylic acids is 1. The summed E-state index contributed by atoms with van der Waals surface area (Å²) in [6.45, 7) is 11.6. The van der Waals surface area contributed by atoms with E-state index in [1.165, 1.54) is 11.8 Å². The van der Waals surface area contributed by atoms with Crippen LogP contribution in [0, 0.1) is 0 Å². The fourth-order valence-corrected chi connectivity index (χ4v) is 2.06. The lowest BCUT2D eigenvalue weighted by Gasteiger charge is -2.22. The number of hydrogen-bond donors (Lipinski definition) is 2. The van der Waals surface area contributed by atoms with Crippen LogP contribution < -0.4 is 5.32 Å². The molecule has 0 rings (SSSR count). The predicted molar refractivity (Wildman–Crippen MR) is 83.8 cm³/mol. The van der Waals surface area contributed by atoms with E-state index < -0.39 is 23.7 Å². The van der Waals surface area contributed by atoms with E-state index in [2.05, 4.69) is 5.32 Å². The van der Waals surface area contributed by atoms with Crippen molar-refractivity contribution in [1.82, 2.24) is 5.32 Å². The van der Waals surface area contributed by atoms with Crippen molar-refractivity contribution in [2.45, 2.75) is 58.8 Å². The minimum Gasteiger partial charge on any atom is -0.480 e. The zero-order valence-electron chi connectivity index (χ0n) is 13.7. The summed E-state index contributed by atoms with van der Waals surface area (Å²) in [5, 5.41) is 11.4. The van der Waals surface area contributed by atoms with Gasteiger partial charge in [0.15, 0.2) is 0 Å². The standard InChI is InChI=1S/C14H27NO5S/c1-13(2,3)19-7-8-21-9-10(11(16)17)15-12(18)20-14(4,5)6/h10H,7-9H2,1-6H3,(H,15,18)(H,16,17). The maximum absolute atomic E-state index is 11.6. The molecule has 6 nitrogen and oxygen atoms in total. The normalized spacial score (nSPS) is 13.6. The van der Waals surface area contributed by atoms with Crippen molar-refractivity contribution < 1.29 is 24.2 Å². The van der Waals surface area contributed by atoms with E-state index in [0.29, 0.717) is 12.4 Å². The van der Waals surface area contributed by atoms with E-state index in [1.807, 2.05) is 20.8 Å². The molecule has 0 aromatic heterocycles. The van der Waals surface area contributed by atoms with Gasteiger partial charge < -0.3 is 19.9 Å². The lowest BCUT2D eigenvalue weighted by atomic mass is 10.2. The van der Waals surface area contributed by atoms with Crippen molar-refractivity contribution in [1.29, 1.82) is 0 Å². The first-order chi connectivity index (χ1) is 9.41. The van der Waals surface area contributed by atoms with Crippen molar-refractivity contribution in [3.05, 3.63) is 0 Å². The van der Waals surface area contributed by atoms with Gasteiger partial charge in [-0.25, -0.2) is 9.59 Å². The number of aliphatic carboxylic acids is 1. The number of alkyl carbamates (subject to hydrolysis) is 1. The van der Waals surface area contributed by atoms with Crippen LogP contribution in [0.1, 0.15) is 41.5 Å². The van der Waals surface area contributed by atoms with Gasteiger partial charge in [-0.15, -0.1) is 0 Å². The molecule has 0 aliphatic carbocycles. The SMILES string of the molecule is CC(C)(C)OCCSCC(NC(=O)OC(C)(C)C)C(=O)O. The van der Waals surface area contributed by atoms with Crippen LogP contribution in [0.4, 0.5) is 4.79 Å². The Morgan fingerprint density at radius 2 is 1.71 bits per heavy atom. The summed E-state index contributed by atoms with van der Waals surface area (Å²) in [5.74, 6) is -0.149. The average molecular weight is 321 g/mol. The van der Waals surface area contributed by atoms with Gasteiger partial charge in [0, 0.05) is 11.5 Å². The van der Waals surface area contributed by atoms with Crippen LogP contribution in [-0.2, 0) is 14.3 Å². The molecule has 0 aromatic rings. The first kappa shape index (κ1) is 20.1. The van der Waals surface area contributed by atoms with Crippen molar-refractivity contribution in [2.24, 2.45) is 0 Å². The van der Waals surface area contributed by atoms with Gasteiger partial charge in [-0.3, -0.25) is 0 Å². The molecular weight excluding hydrogens is 294 g/mol. The van der Waals surface area contributed by atoms with Gasteiger partial charge in [0.2, 0.25) is 0 Å². The van der Waals surface area contributed by atoms with Gasteiger partial charge in [-0.2, -0.15) is 11.8 Å². The van der Waals surface area contributed by atoms with E-state index in [-0.39, 0.29) is 11.4 Å². The summed E-state index contributed by atoms with van der Waals surface area (Å²) in [7, 11) is 0. The van der Waals surface area contributed by atoms with Crippen LogP contribution >= 0.6 is 11.8 Å². The Kier molecular flexibility index (Phi) is 8.10. The topological polar surface area (TPSA) is 84.9 Å². The summed E-state index contributed by atoms with van der Waals surface area (Å²) >= 11 is 1.41. The first-order valence-electron chi connectivity index (χ1n) is 6.85. The molecule has 0 aliphatic rings. The third-order valence-corrected chi connectivity index (χ3v) is 3.06. The number of rotatable bonds is 7. The molecule has 0 saturated carbocycles. The summed E-state index contributed by atoms with van der Waals surface area (Å²) in [5.41, 5.74) is -0.859. The quantitative estimate of drug-likeness (QED) is 0.701. The van der Waals surface area contributed by atoms with Gasteiger partial charge in [0.1, 0.15) is 11.6 Å². The Bertz CT molecular complexity index is 346. The Balaban J connectivity index is 4.09. The smallest absolute Gasteiger partial charge is 0.408 e. The molecule has 7 heteroatoms. The number of carboxylic acid groups (broad SMARTS) is 1. The van der Waals surface area contributed by atoms with Crippen molar-refractivity contribution in [2.75, 3.05) is 18.1 Å². The highest BCUT2D eigenvalue weighted by Crippen LogP contribution is 2.11. The second-order valence-corrected chi connectivity index (χ2v) is 7.72. The minimum atomic E-state index is -1.08. The van der Waals surface area contributed by atoms with Crippen LogP contribution in [0.2, 0.25) is 0 Å². The van der Waals surface area contributed by atoms with Crippen LogP contribution in [0.15, 0.2) is 0 Å². The number of ether oxygens (including phenoxy) is 2.